The second kappa shape index (κ2) is 6.16. The predicted octanol–water partition coefficient (Wildman–Crippen LogP) is 3.95. The Morgan fingerprint density at radius 2 is 1.96 bits per heavy atom. The lowest BCUT2D eigenvalue weighted by molar-refractivity contribution is 0.0482. The molecule has 1 N–H and O–H groups in total. The Bertz CT molecular complexity index is 893. The molecule has 2 aliphatic heterocycles. The SMILES string of the molecule is Cc1ccc(NC(=O)N2CCC3(CC(=O)c4ccccc4O3)C2)cc1C. The van der Waals surface area contributed by atoms with Crippen molar-refractivity contribution in [2.45, 2.75) is 32.3 Å². The summed E-state index contributed by atoms with van der Waals surface area (Å²) in [5.74, 6) is 0.712. The molecule has 2 amide bonds. The summed E-state index contributed by atoms with van der Waals surface area (Å²) in [6, 6.07) is 13.0. The first-order valence-corrected chi connectivity index (χ1v) is 8.90. The Labute approximate surface area is 153 Å². The molecule has 26 heavy (non-hydrogen) atoms. The summed E-state index contributed by atoms with van der Waals surface area (Å²) in [7, 11) is 0. The van der Waals surface area contributed by atoms with Crippen LogP contribution < -0.4 is 10.1 Å². The molecule has 1 fully saturated rings. The monoisotopic (exact) mass is 350 g/mol. The zero-order valence-electron chi connectivity index (χ0n) is 15.0. The second-order valence-corrected chi connectivity index (χ2v) is 7.28. The van der Waals surface area contributed by atoms with Crippen molar-refractivity contribution in [1.82, 2.24) is 4.90 Å². The number of Topliss-reactive ketones (excluding diaryl/α,β-unsaturated/α-hetero) is 1. The van der Waals surface area contributed by atoms with E-state index in [0.29, 0.717) is 37.2 Å². The summed E-state index contributed by atoms with van der Waals surface area (Å²) in [6.07, 6.45) is 0.977. The average molecular weight is 350 g/mol. The molecule has 1 atom stereocenters. The Hall–Kier alpha value is -2.82. The minimum Gasteiger partial charge on any atom is -0.484 e. The molecule has 2 aromatic carbocycles. The van der Waals surface area contributed by atoms with Gasteiger partial charge in [0, 0.05) is 18.7 Å². The van der Waals surface area contributed by atoms with Crippen molar-refractivity contribution in [1.29, 1.82) is 0 Å². The third-order valence-electron chi connectivity index (χ3n) is 5.36. The maximum absolute atomic E-state index is 12.6. The number of benzene rings is 2. The van der Waals surface area contributed by atoms with E-state index in [1.807, 2.05) is 50.2 Å². The lowest BCUT2D eigenvalue weighted by Crippen LogP contribution is -2.45. The van der Waals surface area contributed by atoms with Crippen molar-refractivity contribution in [3.63, 3.8) is 0 Å². The van der Waals surface area contributed by atoms with Gasteiger partial charge in [0.2, 0.25) is 0 Å². The van der Waals surface area contributed by atoms with Gasteiger partial charge in [-0.15, -0.1) is 0 Å². The maximum atomic E-state index is 12.6. The highest BCUT2D eigenvalue weighted by molar-refractivity contribution is 6.00. The number of urea groups is 1. The van der Waals surface area contributed by atoms with Crippen LogP contribution in [0, 0.1) is 13.8 Å². The number of hydrogen-bond acceptors (Lipinski definition) is 3. The van der Waals surface area contributed by atoms with E-state index in [2.05, 4.69) is 5.32 Å². The number of aryl methyl sites for hydroxylation is 2. The first-order valence-electron chi connectivity index (χ1n) is 8.90. The van der Waals surface area contributed by atoms with Gasteiger partial charge in [0.05, 0.1) is 18.5 Å². The fourth-order valence-electron chi connectivity index (χ4n) is 3.71. The fourth-order valence-corrected chi connectivity index (χ4v) is 3.71. The van der Waals surface area contributed by atoms with E-state index in [9.17, 15) is 9.59 Å². The molecule has 4 rings (SSSR count). The van der Waals surface area contributed by atoms with Crippen molar-refractivity contribution in [2.24, 2.45) is 0 Å². The maximum Gasteiger partial charge on any atom is 0.321 e. The van der Waals surface area contributed by atoms with Gasteiger partial charge in [-0.05, 0) is 49.2 Å². The number of nitrogens with one attached hydrogen (secondary N) is 1. The van der Waals surface area contributed by atoms with Gasteiger partial charge < -0.3 is 15.0 Å². The minimum atomic E-state index is -0.605. The van der Waals surface area contributed by atoms with Crippen molar-refractivity contribution in [3.05, 3.63) is 59.2 Å². The average Bonchev–Trinajstić information content (AvgIpc) is 3.01. The number of likely N-dealkylation sites (tertiary alicyclic amines) is 1. The zero-order valence-corrected chi connectivity index (χ0v) is 15.0. The number of amides is 2. The summed E-state index contributed by atoms with van der Waals surface area (Å²) in [5.41, 5.74) is 3.14. The summed E-state index contributed by atoms with van der Waals surface area (Å²) in [4.78, 5) is 26.9. The smallest absolute Gasteiger partial charge is 0.321 e. The fraction of sp³-hybridized carbons (Fsp3) is 0.333. The number of anilines is 1. The van der Waals surface area contributed by atoms with Crippen LogP contribution in [0.2, 0.25) is 0 Å². The predicted molar refractivity (Wildman–Crippen MR) is 99.9 cm³/mol. The van der Waals surface area contributed by atoms with Crippen molar-refractivity contribution < 1.29 is 14.3 Å². The molecule has 0 aliphatic carbocycles. The van der Waals surface area contributed by atoms with E-state index < -0.39 is 5.60 Å². The molecular weight excluding hydrogens is 328 g/mol. The molecule has 0 radical (unpaired) electrons. The van der Waals surface area contributed by atoms with Gasteiger partial charge in [-0.3, -0.25) is 4.79 Å². The van der Waals surface area contributed by atoms with Gasteiger partial charge in [-0.2, -0.15) is 0 Å². The Morgan fingerprint density at radius 1 is 1.15 bits per heavy atom. The van der Waals surface area contributed by atoms with Crippen LogP contribution in [-0.4, -0.2) is 35.4 Å². The van der Waals surface area contributed by atoms with E-state index >= 15 is 0 Å². The molecule has 5 heteroatoms. The number of carbonyl (C=O) groups is 2. The normalized spacial score (nSPS) is 21.5. The second-order valence-electron chi connectivity index (χ2n) is 7.28. The van der Waals surface area contributed by atoms with Crippen LogP contribution in [0.3, 0.4) is 0 Å². The Balaban J connectivity index is 1.47. The number of rotatable bonds is 1. The van der Waals surface area contributed by atoms with E-state index in [1.54, 1.807) is 11.0 Å². The van der Waals surface area contributed by atoms with Crippen molar-refractivity contribution in [3.8, 4) is 5.75 Å². The molecule has 5 nitrogen and oxygen atoms in total. The van der Waals surface area contributed by atoms with E-state index in [1.165, 1.54) is 5.56 Å². The van der Waals surface area contributed by atoms with E-state index in [0.717, 1.165) is 11.3 Å². The minimum absolute atomic E-state index is 0.0864. The molecule has 1 saturated heterocycles. The van der Waals surface area contributed by atoms with Crippen LogP contribution in [-0.2, 0) is 0 Å². The molecule has 2 aliphatic rings. The van der Waals surface area contributed by atoms with Crippen molar-refractivity contribution in [2.75, 3.05) is 18.4 Å². The van der Waals surface area contributed by atoms with Crippen LogP contribution >= 0.6 is 0 Å². The van der Waals surface area contributed by atoms with Crippen LogP contribution in [0.5, 0.6) is 5.75 Å². The quantitative estimate of drug-likeness (QED) is 0.847. The molecule has 2 aromatic rings. The molecule has 0 saturated carbocycles. The third kappa shape index (κ3) is 2.94. The lowest BCUT2D eigenvalue weighted by atomic mass is 9.89. The lowest BCUT2D eigenvalue weighted by Gasteiger charge is -2.34. The topological polar surface area (TPSA) is 58.6 Å². The number of ketones is 1. The number of hydrogen-bond donors (Lipinski definition) is 1. The van der Waals surface area contributed by atoms with Gasteiger partial charge in [0.1, 0.15) is 11.4 Å². The summed E-state index contributed by atoms with van der Waals surface area (Å²) < 4.78 is 6.17. The molecular formula is C21H22N2O3. The summed E-state index contributed by atoms with van der Waals surface area (Å²) in [5, 5.41) is 2.95. The van der Waals surface area contributed by atoms with Gasteiger partial charge in [0.25, 0.3) is 0 Å². The number of carbonyl (C=O) groups excluding carboxylic acids is 2. The van der Waals surface area contributed by atoms with Crippen molar-refractivity contribution >= 4 is 17.5 Å². The van der Waals surface area contributed by atoms with Crippen LogP contribution in [0.1, 0.15) is 34.3 Å². The van der Waals surface area contributed by atoms with Gasteiger partial charge in [-0.1, -0.05) is 18.2 Å². The number of nitrogens with zero attached hydrogens (tertiary/aromatic N) is 1. The van der Waals surface area contributed by atoms with Crippen LogP contribution in [0.4, 0.5) is 10.5 Å². The van der Waals surface area contributed by atoms with Gasteiger partial charge >= 0.3 is 6.03 Å². The van der Waals surface area contributed by atoms with E-state index in [-0.39, 0.29) is 11.8 Å². The van der Waals surface area contributed by atoms with Gasteiger partial charge in [0.15, 0.2) is 5.78 Å². The molecule has 2 heterocycles. The zero-order chi connectivity index (χ0) is 18.3. The van der Waals surface area contributed by atoms with Crippen LogP contribution in [0.25, 0.3) is 0 Å². The highest BCUT2D eigenvalue weighted by Gasteiger charge is 2.46. The van der Waals surface area contributed by atoms with Crippen LogP contribution in [0.15, 0.2) is 42.5 Å². The Morgan fingerprint density at radius 3 is 2.77 bits per heavy atom. The highest BCUT2D eigenvalue weighted by atomic mass is 16.5. The molecule has 1 unspecified atom stereocenters. The molecule has 134 valence electrons. The summed E-state index contributed by atoms with van der Waals surface area (Å²) in [6.45, 7) is 5.06. The third-order valence-corrected chi connectivity index (χ3v) is 5.36. The summed E-state index contributed by atoms with van der Waals surface area (Å²) >= 11 is 0. The number of ether oxygens (including phenoxy) is 1. The molecule has 0 aromatic heterocycles. The first kappa shape index (κ1) is 16.6. The largest absolute Gasteiger partial charge is 0.484 e. The Kier molecular flexibility index (Phi) is 3.94. The number of fused-ring (bicyclic) bond motifs is 1. The van der Waals surface area contributed by atoms with E-state index in [4.69, 9.17) is 4.74 Å². The van der Waals surface area contributed by atoms with Gasteiger partial charge in [-0.25, -0.2) is 4.79 Å². The molecule has 0 bridgehead atoms. The molecule has 1 spiro atoms. The number of para-hydroxylation sites is 1. The first-order chi connectivity index (χ1) is 12.5. The highest BCUT2D eigenvalue weighted by Crippen LogP contribution is 2.38. The standard InChI is InChI=1S/C21H22N2O3/c1-14-7-8-16(11-15(14)2)22-20(25)23-10-9-21(13-23)12-18(24)17-5-3-4-6-19(17)26-21/h3-8,11H,9-10,12-13H2,1-2H3,(H,22,25).